The summed E-state index contributed by atoms with van der Waals surface area (Å²) in [5.41, 5.74) is 2.63. The monoisotopic (exact) mass is 310 g/mol. The second-order valence-corrected chi connectivity index (χ2v) is 6.77. The Morgan fingerprint density at radius 3 is 2.74 bits per heavy atom. The maximum absolute atomic E-state index is 12.4. The molecule has 1 N–H and O–H groups in total. The van der Waals surface area contributed by atoms with Gasteiger partial charge < -0.3 is 5.32 Å². The Kier molecular flexibility index (Phi) is 4.08. The fraction of sp³-hybridized carbons (Fsp3) is 0.500. The molecule has 2 heterocycles. The van der Waals surface area contributed by atoms with E-state index in [1.54, 1.807) is 16.8 Å². The molecule has 2 aromatic rings. The molecule has 0 aliphatic heterocycles. The van der Waals surface area contributed by atoms with E-state index in [1.807, 2.05) is 26.8 Å². The third-order valence-corrected chi connectivity index (χ3v) is 4.97. The van der Waals surface area contributed by atoms with E-state index in [9.17, 15) is 4.79 Å². The van der Waals surface area contributed by atoms with Crippen LogP contribution in [-0.4, -0.2) is 15.5 Å². The Bertz CT molecular complexity index is 780. The first-order valence-electron chi connectivity index (χ1n) is 8.24. The van der Waals surface area contributed by atoms with Crippen molar-refractivity contribution >= 4 is 17.2 Å². The predicted octanol–water partition coefficient (Wildman–Crippen LogP) is 3.70. The molecule has 0 radical (unpaired) electrons. The van der Waals surface area contributed by atoms with Gasteiger partial charge in [0, 0.05) is 17.7 Å². The SMILES string of the molecule is CC(C)[C@H](C)C(=O)Nc1nn2ccc(C#N)cc2c1C1CCC1. The molecule has 1 fully saturated rings. The maximum atomic E-state index is 12.4. The molecule has 23 heavy (non-hydrogen) atoms. The number of pyridine rings is 1. The van der Waals surface area contributed by atoms with Crippen LogP contribution < -0.4 is 5.32 Å². The Balaban J connectivity index is 2.02. The lowest BCUT2D eigenvalue weighted by molar-refractivity contribution is -0.120. The molecule has 0 spiro atoms. The van der Waals surface area contributed by atoms with Crippen molar-refractivity contribution in [3.8, 4) is 6.07 Å². The number of rotatable bonds is 4. The van der Waals surface area contributed by atoms with Crippen molar-refractivity contribution in [3.05, 3.63) is 29.5 Å². The average Bonchev–Trinajstić information content (AvgIpc) is 2.82. The number of nitriles is 1. The third-order valence-electron chi connectivity index (χ3n) is 4.97. The summed E-state index contributed by atoms with van der Waals surface area (Å²) in [6.45, 7) is 6.02. The molecular formula is C18H22N4O. The van der Waals surface area contributed by atoms with Gasteiger partial charge in [0.2, 0.25) is 5.91 Å². The Hall–Kier alpha value is -2.35. The first kappa shape index (κ1) is 15.5. The molecule has 1 saturated carbocycles. The summed E-state index contributed by atoms with van der Waals surface area (Å²) in [7, 11) is 0. The Morgan fingerprint density at radius 1 is 1.43 bits per heavy atom. The van der Waals surface area contributed by atoms with Gasteiger partial charge in [0.05, 0.1) is 17.1 Å². The lowest BCUT2D eigenvalue weighted by Crippen LogP contribution is -2.25. The lowest BCUT2D eigenvalue weighted by Gasteiger charge is -2.26. The topological polar surface area (TPSA) is 70.2 Å². The van der Waals surface area contributed by atoms with Crippen LogP contribution in [0, 0.1) is 23.2 Å². The minimum atomic E-state index is -0.0660. The number of fused-ring (bicyclic) bond motifs is 1. The molecule has 5 nitrogen and oxygen atoms in total. The largest absolute Gasteiger partial charge is 0.309 e. The molecule has 1 atom stereocenters. The van der Waals surface area contributed by atoms with E-state index in [0.29, 0.717) is 17.3 Å². The van der Waals surface area contributed by atoms with Crippen molar-refractivity contribution < 1.29 is 4.79 Å². The third kappa shape index (κ3) is 2.81. The summed E-state index contributed by atoms with van der Waals surface area (Å²) in [4.78, 5) is 12.4. The predicted molar refractivity (Wildman–Crippen MR) is 89.1 cm³/mol. The smallest absolute Gasteiger partial charge is 0.228 e. The second-order valence-electron chi connectivity index (χ2n) is 6.77. The van der Waals surface area contributed by atoms with Crippen LogP contribution in [-0.2, 0) is 4.79 Å². The van der Waals surface area contributed by atoms with Crippen molar-refractivity contribution in [2.24, 2.45) is 11.8 Å². The zero-order valence-electron chi connectivity index (χ0n) is 13.8. The number of hydrogen-bond acceptors (Lipinski definition) is 3. The van der Waals surface area contributed by atoms with Crippen LogP contribution in [0.15, 0.2) is 18.3 Å². The number of carbonyl (C=O) groups is 1. The minimum absolute atomic E-state index is 0.00415. The Labute approximate surface area is 136 Å². The molecule has 1 aliphatic rings. The van der Waals surface area contributed by atoms with Crippen molar-refractivity contribution in [1.29, 1.82) is 5.26 Å². The number of aromatic nitrogens is 2. The van der Waals surface area contributed by atoms with Gasteiger partial charge >= 0.3 is 0 Å². The highest BCUT2D eigenvalue weighted by molar-refractivity contribution is 5.93. The van der Waals surface area contributed by atoms with Gasteiger partial charge in [-0.05, 0) is 36.8 Å². The zero-order chi connectivity index (χ0) is 16.6. The van der Waals surface area contributed by atoms with E-state index >= 15 is 0 Å². The van der Waals surface area contributed by atoms with Crippen molar-refractivity contribution in [2.75, 3.05) is 5.32 Å². The first-order chi connectivity index (χ1) is 11.0. The van der Waals surface area contributed by atoms with Gasteiger partial charge in [-0.15, -0.1) is 5.10 Å². The normalized spacial score (nSPS) is 16.1. The van der Waals surface area contributed by atoms with Gasteiger partial charge in [0.25, 0.3) is 0 Å². The van der Waals surface area contributed by atoms with Crippen molar-refractivity contribution in [1.82, 2.24) is 9.61 Å². The van der Waals surface area contributed by atoms with Crippen LogP contribution in [0.3, 0.4) is 0 Å². The summed E-state index contributed by atoms with van der Waals surface area (Å²) in [5.74, 6) is 1.30. The average molecular weight is 310 g/mol. The van der Waals surface area contributed by atoms with E-state index in [1.165, 1.54) is 6.42 Å². The number of nitrogens with zero attached hydrogens (tertiary/aromatic N) is 3. The van der Waals surface area contributed by atoms with Gasteiger partial charge in [0.1, 0.15) is 0 Å². The quantitative estimate of drug-likeness (QED) is 0.936. The first-order valence-corrected chi connectivity index (χ1v) is 8.24. The molecule has 1 aliphatic carbocycles. The summed E-state index contributed by atoms with van der Waals surface area (Å²) >= 11 is 0. The molecule has 0 saturated heterocycles. The zero-order valence-corrected chi connectivity index (χ0v) is 13.8. The maximum Gasteiger partial charge on any atom is 0.228 e. The van der Waals surface area contributed by atoms with Crippen LogP contribution >= 0.6 is 0 Å². The van der Waals surface area contributed by atoms with E-state index in [-0.39, 0.29) is 17.7 Å². The van der Waals surface area contributed by atoms with Crippen molar-refractivity contribution in [2.45, 2.75) is 46.0 Å². The Morgan fingerprint density at radius 2 is 2.17 bits per heavy atom. The molecular weight excluding hydrogens is 288 g/mol. The molecule has 0 unspecified atom stereocenters. The minimum Gasteiger partial charge on any atom is -0.309 e. The van der Waals surface area contributed by atoms with Crippen LogP contribution in [0.2, 0.25) is 0 Å². The molecule has 2 aromatic heterocycles. The molecule has 0 bridgehead atoms. The fourth-order valence-corrected chi connectivity index (χ4v) is 2.86. The second kappa shape index (κ2) is 6.04. The number of hydrogen-bond donors (Lipinski definition) is 1. The summed E-state index contributed by atoms with van der Waals surface area (Å²) < 4.78 is 1.77. The number of carbonyl (C=O) groups excluding carboxylic acids is 1. The van der Waals surface area contributed by atoms with E-state index in [0.717, 1.165) is 23.9 Å². The van der Waals surface area contributed by atoms with Gasteiger partial charge in [-0.2, -0.15) is 5.26 Å². The van der Waals surface area contributed by atoms with Crippen LogP contribution in [0.5, 0.6) is 0 Å². The standard InChI is InChI=1S/C18H22N4O/c1-11(2)12(3)18(23)20-17-16(14-5-4-6-14)15-9-13(10-19)7-8-22(15)21-17/h7-9,11-12,14H,4-6H2,1-3H3,(H,20,21,23)/t12-/m0/s1. The van der Waals surface area contributed by atoms with Crippen LogP contribution in [0.4, 0.5) is 5.82 Å². The number of nitrogens with one attached hydrogen (secondary N) is 1. The van der Waals surface area contributed by atoms with Crippen LogP contribution in [0.25, 0.3) is 5.52 Å². The molecule has 3 rings (SSSR count). The van der Waals surface area contributed by atoms with Crippen LogP contribution in [0.1, 0.15) is 57.1 Å². The van der Waals surface area contributed by atoms with E-state index < -0.39 is 0 Å². The number of amides is 1. The van der Waals surface area contributed by atoms with Gasteiger partial charge in [0.15, 0.2) is 5.82 Å². The number of anilines is 1. The lowest BCUT2D eigenvalue weighted by atomic mass is 9.80. The molecule has 0 aromatic carbocycles. The van der Waals surface area contributed by atoms with Crippen molar-refractivity contribution in [3.63, 3.8) is 0 Å². The molecule has 1 amide bonds. The summed E-state index contributed by atoms with van der Waals surface area (Å²) in [5, 5.41) is 16.7. The highest BCUT2D eigenvalue weighted by Gasteiger charge is 2.29. The summed E-state index contributed by atoms with van der Waals surface area (Å²) in [6, 6.07) is 5.78. The highest BCUT2D eigenvalue weighted by atomic mass is 16.2. The van der Waals surface area contributed by atoms with E-state index in [2.05, 4.69) is 16.5 Å². The van der Waals surface area contributed by atoms with Gasteiger partial charge in [-0.1, -0.05) is 27.2 Å². The molecule has 5 heteroatoms. The fourth-order valence-electron chi connectivity index (χ4n) is 2.86. The van der Waals surface area contributed by atoms with Gasteiger partial charge in [-0.25, -0.2) is 4.52 Å². The highest BCUT2D eigenvalue weighted by Crippen LogP contribution is 2.42. The summed E-state index contributed by atoms with van der Waals surface area (Å²) in [6.07, 6.45) is 5.22. The van der Waals surface area contributed by atoms with Gasteiger partial charge in [-0.3, -0.25) is 4.79 Å². The molecule has 120 valence electrons. The van der Waals surface area contributed by atoms with E-state index in [4.69, 9.17) is 5.26 Å².